The summed E-state index contributed by atoms with van der Waals surface area (Å²) in [6.45, 7) is 13.4. The summed E-state index contributed by atoms with van der Waals surface area (Å²) in [4.78, 5) is 0. The van der Waals surface area contributed by atoms with Gasteiger partial charge in [0.25, 0.3) is 0 Å². The van der Waals surface area contributed by atoms with Crippen LogP contribution in [0.25, 0.3) is 22.0 Å². The predicted molar refractivity (Wildman–Crippen MR) is 103 cm³/mol. The Labute approximate surface area is 146 Å². The monoisotopic (exact) mass is 318 g/mol. The number of aryl methyl sites for hydroxylation is 3. The van der Waals surface area contributed by atoms with Gasteiger partial charge in [-0.15, -0.1) is 0 Å². The van der Waals surface area contributed by atoms with Crippen LogP contribution in [-0.2, 0) is 12.5 Å². The molecule has 0 saturated carbocycles. The van der Waals surface area contributed by atoms with Crippen LogP contribution >= 0.6 is 0 Å². The Bertz CT molecular complexity index is 927. The van der Waals surface area contributed by atoms with Gasteiger partial charge in [-0.1, -0.05) is 50.6 Å². The van der Waals surface area contributed by atoms with Gasteiger partial charge in [0, 0.05) is 13.0 Å². The van der Waals surface area contributed by atoms with E-state index in [-0.39, 0.29) is 5.41 Å². The van der Waals surface area contributed by atoms with Crippen molar-refractivity contribution in [2.24, 2.45) is 7.05 Å². The third-order valence-corrected chi connectivity index (χ3v) is 5.05. The fraction of sp³-hybridized carbons (Fsp3) is 0.348. The van der Waals surface area contributed by atoms with E-state index < -0.39 is 0 Å². The third kappa shape index (κ3) is 2.84. The molecule has 1 aromatic heterocycles. The fourth-order valence-electron chi connectivity index (χ4n) is 3.37. The van der Waals surface area contributed by atoms with E-state index in [1.807, 2.05) is 0 Å². The van der Waals surface area contributed by atoms with E-state index in [2.05, 4.69) is 95.6 Å². The summed E-state index contributed by atoms with van der Waals surface area (Å²) in [7, 11) is 2.17. The van der Waals surface area contributed by atoms with Crippen molar-refractivity contribution < 1.29 is 4.57 Å². The van der Waals surface area contributed by atoms with E-state index >= 15 is 0 Å². The van der Waals surface area contributed by atoms with Gasteiger partial charge in [0.1, 0.15) is 7.05 Å². The van der Waals surface area contributed by atoms with Crippen molar-refractivity contribution in [1.29, 1.82) is 0 Å². The molecular formula is C23H28N+. The van der Waals surface area contributed by atoms with Crippen molar-refractivity contribution >= 4 is 10.8 Å². The molecule has 3 rings (SSSR count). The number of hydrogen-bond acceptors (Lipinski definition) is 0. The molecule has 0 radical (unpaired) electrons. The highest BCUT2D eigenvalue weighted by Gasteiger charge is 2.22. The summed E-state index contributed by atoms with van der Waals surface area (Å²) in [6, 6.07) is 16.0. The summed E-state index contributed by atoms with van der Waals surface area (Å²) < 4.78 is 2.33. The molecule has 24 heavy (non-hydrogen) atoms. The first-order valence-electron chi connectivity index (χ1n) is 8.70. The molecule has 1 nitrogen and oxygen atoms in total. The minimum absolute atomic E-state index is 0.150. The van der Waals surface area contributed by atoms with E-state index in [9.17, 15) is 0 Å². The first kappa shape index (κ1) is 16.7. The number of aromatic nitrogens is 1. The van der Waals surface area contributed by atoms with Crippen LogP contribution in [0.4, 0.5) is 0 Å². The largest absolute Gasteiger partial charge is 0.220 e. The van der Waals surface area contributed by atoms with Crippen LogP contribution in [0, 0.1) is 20.8 Å². The maximum absolute atomic E-state index is 2.38. The average Bonchev–Trinajstić information content (AvgIpc) is 2.49. The lowest BCUT2D eigenvalue weighted by Crippen LogP contribution is -2.35. The number of pyridine rings is 1. The maximum Gasteiger partial charge on any atom is 0.220 e. The topological polar surface area (TPSA) is 3.88 Å². The summed E-state index contributed by atoms with van der Waals surface area (Å²) >= 11 is 0. The van der Waals surface area contributed by atoms with Crippen LogP contribution in [0.2, 0.25) is 0 Å². The summed E-state index contributed by atoms with van der Waals surface area (Å²) in [5, 5.41) is 2.64. The molecule has 0 amide bonds. The van der Waals surface area contributed by atoms with E-state index in [1.54, 1.807) is 0 Å². The fourth-order valence-corrected chi connectivity index (χ4v) is 3.37. The Hall–Kier alpha value is -2.15. The lowest BCUT2D eigenvalue weighted by atomic mass is 9.84. The normalized spacial score (nSPS) is 12.0. The van der Waals surface area contributed by atoms with Crippen LogP contribution in [0.15, 0.2) is 42.5 Å². The molecule has 2 aromatic carbocycles. The lowest BCUT2D eigenvalue weighted by molar-refractivity contribution is -0.665. The second-order valence-corrected chi connectivity index (χ2v) is 8.06. The van der Waals surface area contributed by atoms with Crippen LogP contribution < -0.4 is 4.57 Å². The standard InChI is InChI=1S/C23H28N/c1-15-8-11-20-18(12-15)13-17(3)24(7)22(20)21-14-19(23(4,5)6)10-9-16(21)2/h8-14H,1-7H3/q+1. The van der Waals surface area contributed by atoms with Crippen molar-refractivity contribution in [2.75, 3.05) is 0 Å². The zero-order valence-electron chi connectivity index (χ0n) is 16.0. The number of rotatable bonds is 1. The van der Waals surface area contributed by atoms with Crippen LogP contribution in [0.3, 0.4) is 0 Å². The van der Waals surface area contributed by atoms with Gasteiger partial charge in [-0.2, -0.15) is 4.57 Å². The summed E-state index contributed by atoms with van der Waals surface area (Å²) in [5.41, 5.74) is 8.09. The highest BCUT2D eigenvalue weighted by Crippen LogP contribution is 2.33. The first-order valence-corrected chi connectivity index (χ1v) is 8.70. The number of benzene rings is 2. The number of hydrogen-bond donors (Lipinski definition) is 0. The molecular weight excluding hydrogens is 290 g/mol. The van der Waals surface area contributed by atoms with Gasteiger partial charge in [0.2, 0.25) is 5.69 Å². The van der Waals surface area contributed by atoms with Gasteiger partial charge >= 0.3 is 0 Å². The average molecular weight is 318 g/mol. The minimum atomic E-state index is 0.150. The molecule has 0 unspecified atom stereocenters. The summed E-state index contributed by atoms with van der Waals surface area (Å²) in [6.07, 6.45) is 0. The lowest BCUT2D eigenvalue weighted by Gasteiger charge is -2.21. The SMILES string of the molecule is Cc1ccc2c(-c3cc(C(C)(C)C)ccc3C)[n+](C)c(C)cc2c1. The minimum Gasteiger partial charge on any atom is -0.198 e. The van der Waals surface area contributed by atoms with Crippen molar-refractivity contribution in [2.45, 2.75) is 47.0 Å². The van der Waals surface area contributed by atoms with E-state index in [1.165, 1.54) is 44.4 Å². The second-order valence-electron chi connectivity index (χ2n) is 8.06. The van der Waals surface area contributed by atoms with Crippen LogP contribution in [0.1, 0.15) is 43.2 Å². The van der Waals surface area contributed by atoms with Gasteiger partial charge < -0.3 is 0 Å². The van der Waals surface area contributed by atoms with Gasteiger partial charge in [-0.05, 0) is 47.9 Å². The first-order chi connectivity index (χ1) is 11.2. The molecule has 0 saturated heterocycles. The van der Waals surface area contributed by atoms with E-state index in [4.69, 9.17) is 0 Å². The summed E-state index contributed by atoms with van der Waals surface area (Å²) in [5.74, 6) is 0. The Morgan fingerprint density at radius 2 is 1.54 bits per heavy atom. The Morgan fingerprint density at radius 1 is 0.833 bits per heavy atom. The number of nitrogens with zero attached hydrogens (tertiary/aromatic N) is 1. The van der Waals surface area contributed by atoms with Gasteiger partial charge in [0.15, 0.2) is 5.69 Å². The van der Waals surface area contributed by atoms with Crippen molar-refractivity contribution in [3.8, 4) is 11.3 Å². The molecule has 1 heterocycles. The molecule has 0 atom stereocenters. The van der Waals surface area contributed by atoms with E-state index in [0.29, 0.717) is 0 Å². The van der Waals surface area contributed by atoms with Gasteiger partial charge in [-0.25, -0.2) is 0 Å². The third-order valence-electron chi connectivity index (χ3n) is 5.05. The number of fused-ring (bicyclic) bond motifs is 1. The van der Waals surface area contributed by atoms with Gasteiger partial charge in [0.05, 0.1) is 10.9 Å². The highest BCUT2D eigenvalue weighted by atomic mass is 14.9. The molecule has 0 N–H and O–H groups in total. The smallest absolute Gasteiger partial charge is 0.198 e. The molecule has 124 valence electrons. The second kappa shape index (κ2) is 5.73. The Kier molecular flexibility index (Phi) is 3.99. The zero-order chi connectivity index (χ0) is 17.6. The molecule has 0 aliphatic heterocycles. The zero-order valence-corrected chi connectivity index (χ0v) is 16.0. The van der Waals surface area contributed by atoms with Crippen LogP contribution in [-0.4, -0.2) is 0 Å². The molecule has 0 spiro atoms. The van der Waals surface area contributed by atoms with Crippen molar-refractivity contribution in [3.05, 3.63) is 64.8 Å². The maximum atomic E-state index is 2.38. The molecule has 1 heteroatoms. The molecule has 0 aliphatic rings. The Morgan fingerprint density at radius 3 is 2.21 bits per heavy atom. The quantitative estimate of drug-likeness (QED) is 0.518. The van der Waals surface area contributed by atoms with Gasteiger partial charge in [-0.3, -0.25) is 0 Å². The van der Waals surface area contributed by atoms with Crippen molar-refractivity contribution in [1.82, 2.24) is 0 Å². The van der Waals surface area contributed by atoms with E-state index in [0.717, 1.165) is 0 Å². The molecule has 0 fully saturated rings. The molecule has 0 bridgehead atoms. The highest BCUT2D eigenvalue weighted by molar-refractivity contribution is 5.94. The Balaban J connectivity index is 2.40. The molecule has 0 aliphatic carbocycles. The van der Waals surface area contributed by atoms with Crippen LogP contribution in [0.5, 0.6) is 0 Å². The van der Waals surface area contributed by atoms with Crippen molar-refractivity contribution in [3.63, 3.8) is 0 Å². The predicted octanol–water partition coefficient (Wildman–Crippen LogP) is 5.55. The molecule has 3 aromatic rings.